The number of nitrogens with zero attached hydrogens (tertiary/aromatic N) is 3. The summed E-state index contributed by atoms with van der Waals surface area (Å²) >= 11 is 0. The van der Waals surface area contributed by atoms with Gasteiger partial charge in [-0.3, -0.25) is 0 Å². The van der Waals surface area contributed by atoms with Crippen LogP contribution in [0.1, 0.15) is 17.8 Å². The van der Waals surface area contributed by atoms with Gasteiger partial charge in [-0.25, -0.2) is 4.98 Å². The number of fused-ring (bicyclic) bond motifs is 1. The number of hydrogen-bond donors (Lipinski definition) is 0. The Morgan fingerprint density at radius 3 is 3.00 bits per heavy atom. The number of benzene rings is 1. The number of aromatic nitrogens is 2. The lowest BCUT2D eigenvalue weighted by Crippen LogP contribution is -2.26. The highest BCUT2D eigenvalue weighted by Crippen LogP contribution is 2.35. The van der Waals surface area contributed by atoms with Crippen LogP contribution >= 0.6 is 0 Å². The molecule has 0 radical (unpaired) electrons. The molecule has 0 saturated carbocycles. The summed E-state index contributed by atoms with van der Waals surface area (Å²) in [5.41, 5.74) is 2.38. The molecule has 1 aliphatic rings. The van der Waals surface area contributed by atoms with Crippen LogP contribution in [0.3, 0.4) is 0 Å². The summed E-state index contributed by atoms with van der Waals surface area (Å²) in [6.45, 7) is 2.57. The van der Waals surface area contributed by atoms with Crippen LogP contribution < -0.4 is 9.47 Å². The lowest BCUT2D eigenvalue weighted by atomic mass is 10.1. The Kier molecular flexibility index (Phi) is 5.20. The van der Waals surface area contributed by atoms with Gasteiger partial charge in [0.2, 0.25) is 0 Å². The molecule has 0 fully saturated rings. The summed E-state index contributed by atoms with van der Waals surface area (Å²) < 4.78 is 13.3. The highest BCUT2D eigenvalue weighted by Gasteiger charge is 2.16. The first-order chi connectivity index (χ1) is 11.7. The van der Waals surface area contributed by atoms with Gasteiger partial charge < -0.3 is 18.9 Å². The van der Waals surface area contributed by atoms with Crippen molar-refractivity contribution in [3.63, 3.8) is 0 Å². The van der Waals surface area contributed by atoms with Crippen molar-refractivity contribution in [3.05, 3.63) is 47.6 Å². The van der Waals surface area contributed by atoms with Gasteiger partial charge in [0.25, 0.3) is 0 Å². The number of rotatable bonds is 7. The highest BCUT2D eigenvalue weighted by atomic mass is 16.5. The monoisotopic (exact) mass is 327 g/mol. The van der Waals surface area contributed by atoms with Crippen molar-refractivity contribution >= 4 is 6.08 Å². The Morgan fingerprint density at radius 2 is 2.25 bits per heavy atom. The van der Waals surface area contributed by atoms with E-state index in [2.05, 4.69) is 33.6 Å². The smallest absolute Gasteiger partial charge is 0.168 e. The molecule has 0 N–H and O–H groups in total. The number of ether oxygens (including phenoxy) is 2. The first kappa shape index (κ1) is 16.6. The molecule has 2 aromatic rings. The quantitative estimate of drug-likeness (QED) is 0.784. The van der Waals surface area contributed by atoms with E-state index in [0.717, 1.165) is 48.8 Å². The molecule has 1 aliphatic heterocycles. The van der Waals surface area contributed by atoms with Crippen LogP contribution in [0.25, 0.3) is 6.08 Å². The zero-order valence-electron chi connectivity index (χ0n) is 14.7. The first-order valence-electron chi connectivity index (χ1n) is 8.31. The second kappa shape index (κ2) is 7.53. The molecule has 0 atom stereocenters. The molecule has 24 heavy (non-hydrogen) atoms. The number of imidazole rings is 1. The van der Waals surface area contributed by atoms with Gasteiger partial charge in [0.05, 0.1) is 7.11 Å². The van der Waals surface area contributed by atoms with Crippen molar-refractivity contribution in [1.29, 1.82) is 0 Å². The standard InChI is InChI=1S/C19H25N3O2/c1-21(10-5-8-18-20-9-11-22(18)2)13-15-12-16-6-4-7-17(23-3)19(16)24-14-15/h4,6-7,9,11-12H,5,8,10,13-14H2,1-3H3. The van der Waals surface area contributed by atoms with Gasteiger partial charge in [-0.15, -0.1) is 0 Å². The molecule has 0 saturated heterocycles. The van der Waals surface area contributed by atoms with Crippen LogP contribution in [-0.4, -0.2) is 48.3 Å². The topological polar surface area (TPSA) is 39.5 Å². The minimum Gasteiger partial charge on any atom is -0.493 e. The summed E-state index contributed by atoms with van der Waals surface area (Å²) in [6.07, 6.45) is 8.17. The first-order valence-corrected chi connectivity index (χ1v) is 8.31. The van der Waals surface area contributed by atoms with E-state index in [0.29, 0.717) is 6.61 Å². The van der Waals surface area contributed by atoms with E-state index in [-0.39, 0.29) is 0 Å². The van der Waals surface area contributed by atoms with Crippen molar-refractivity contribution in [2.75, 3.05) is 33.9 Å². The van der Waals surface area contributed by atoms with Gasteiger partial charge in [0.15, 0.2) is 11.5 Å². The average Bonchev–Trinajstić information content (AvgIpc) is 2.99. The number of para-hydroxylation sites is 1. The number of likely N-dealkylation sites (N-methyl/N-ethyl adjacent to an activating group) is 1. The molecule has 0 spiro atoms. The third-order valence-electron chi connectivity index (χ3n) is 4.32. The molecule has 1 aromatic carbocycles. The second-order valence-electron chi connectivity index (χ2n) is 6.27. The number of aryl methyl sites for hydroxylation is 2. The van der Waals surface area contributed by atoms with Gasteiger partial charge in [-0.05, 0) is 37.7 Å². The zero-order chi connectivity index (χ0) is 16.9. The lowest BCUT2D eigenvalue weighted by molar-refractivity contribution is 0.291. The van der Waals surface area contributed by atoms with Crippen LogP contribution in [0, 0.1) is 0 Å². The predicted octanol–water partition coefficient (Wildman–Crippen LogP) is 2.77. The van der Waals surface area contributed by atoms with Crippen molar-refractivity contribution in [1.82, 2.24) is 14.5 Å². The van der Waals surface area contributed by atoms with Crippen LogP contribution in [0.5, 0.6) is 11.5 Å². The Morgan fingerprint density at radius 1 is 1.38 bits per heavy atom. The second-order valence-corrected chi connectivity index (χ2v) is 6.27. The van der Waals surface area contributed by atoms with E-state index in [1.54, 1.807) is 7.11 Å². The van der Waals surface area contributed by atoms with E-state index in [4.69, 9.17) is 9.47 Å². The van der Waals surface area contributed by atoms with Crippen molar-refractivity contribution in [2.24, 2.45) is 7.05 Å². The molecular weight excluding hydrogens is 302 g/mol. The maximum absolute atomic E-state index is 5.90. The predicted molar refractivity (Wildman–Crippen MR) is 95.5 cm³/mol. The minimum absolute atomic E-state index is 0.622. The Labute approximate surface area is 143 Å². The van der Waals surface area contributed by atoms with Crippen molar-refractivity contribution in [2.45, 2.75) is 12.8 Å². The highest BCUT2D eigenvalue weighted by molar-refractivity contribution is 5.66. The van der Waals surface area contributed by atoms with E-state index in [9.17, 15) is 0 Å². The van der Waals surface area contributed by atoms with Crippen molar-refractivity contribution in [3.8, 4) is 11.5 Å². The fourth-order valence-corrected chi connectivity index (χ4v) is 3.05. The molecule has 5 nitrogen and oxygen atoms in total. The Balaban J connectivity index is 1.54. The summed E-state index contributed by atoms with van der Waals surface area (Å²) in [5.74, 6) is 2.79. The molecule has 1 aromatic heterocycles. The van der Waals surface area contributed by atoms with Crippen LogP contribution in [0.15, 0.2) is 36.2 Å². The fraction of sp³-hybridized carbons (Fsp3) is 0.421. The summed E-state index contributed by atoms with van der Waals surface area (Å²) in [6, 6.07) is 6.00. The largest absolute Gasteiger partial charge is 0.493 e. The fourth-order valence-electron chi connectivity index (χ4n) is 3.05. The summed E-state index contributed by atoms with van der Waals surface area (Å²) in [5, 5.41) is 0. The average molecular weight is 327 g/mol. The van der Waals surface area contributed by atoms with E-state index in [1.807, 2.05) is 31.6 Å². The minimum atomic E-state index is 0.622. The normalized spacial score (nSPS) is 13.4. The molecule has 3 rings (SSSR count). The maximum atomic E-state index is 5.90. The molecule has 0 amide bonds. The molecular formula is C19H25N3O2. The third kappa shape index (κ3) is 3.79. The van der Waals surface area contributed by atoms with Gasteiger partial charge in [0, 0.05) is 38.0 Å². The van der Waals surface area contributed by atoms with Crippen LogP contribution in [-0.2, 0) is 13.5 Å². The molecule has 5 heteroatoms. The summed E-state index contributed by atoms with van der Waals surface area (Å²) in [4.78, 5) is 6.71. The van der Waals surface area contributed by atoms with E-state index in [1.165, 1.54) is 5.57 Å². The number of methoxy groups -OCH3 is 1. The van der Waals surface area contributed by atoms with Gasteiger partial charge in [-0.1, -0.05) is 12.1 Å². The maximum Gasteiger partial charge on any atom is 0.168 e. The van der Waals surface area contributed by atoms with Gasteiger partial charge in [-0.2, -0.15) is 0 Å². The molecule has 128 valence electrons. The molecule has 0 unspecified atom stereocenters. The van der Waals surface area contributed by atoms with Crippen LogP contribution in [0.2, 0.25) is 0 Å². The zero-order valence-corrected chi connectivity index (χ0v) is 14.7. The van der Waals surface area contributed by atoms with Crippen LogP contribution in [0.4, 0.5) is 0 Å². The molecule has 0 aliphatic carbocycles. The van der Waals surface area contributed by atoms with Crippen molar-refractivity contribution < 1.29 is 9.47 Å². The van der Waals surface area contributed by atoms with Gasteiger partial charge in [0.1, 0.15) is 12.4 Å². The number of hydrogen-bond acceptors (Lipinski definition) is 4. The lowest BCUT2D eigenvalue weighted by Gasteiger charge is -2.23. The van der Waals surface area contributed by atoms with E-state index < -0.39 is 0 Å². The third-order valence-corrected chi connectivity index (χ3v) is 4.32. The summed E-state index contributed by atoms with van der Waals surface area (Å²) in [7, 11) is 5.87. The SMILES string of the molecule is COc1cccc2c1OCC(CN(C)CCCc1nccn1C)=C2. The Hall–Kier alpha value is -2.27. The molecule has 0 bridgehead atoms. The van der Waals surface area contributed by atoms with E-state index >= 15 is 0 Å². The Bertz CT molecular complexity index is 721. The van der Waals surface area contributed by atoms with Gasteiger partial charge >= 0.3 is 0 Å². The molecule has 2 heterocycles.